The molecule has 0 aliphatic heterocycles. The van der Waals surface area contributed by atoms with Gasteiger partial charge in [-0.2, -0.15) is 5.10 Å². The lowest BCUT2D eigenvalue weighted by molar-refractivity contribution is -0.742. The first-order chi connectivity index (χ1) is 9.31. The maximum absolute atomic E-state index is 10.4. The highest BCUT2D eigenvalue weighted by atomic mass is 16.9. The minimum absolute atomic E-state index is 0.399. The number of aryl methyl sites for hydroxylation is 1. The minimum Gasteiger partial charge on any atom is -0.384 e. The van der Waals surface area contributed by atoms with Crippen LogP contribution >= 0.6 is 0 Å². The van der Waals surface area contributed by atoms with Crippen LogP contribution in [0.25, 0.3) is 0 Å². The van der Waals surface area contributed by atoms with Crippen molar-refractivity contribution >= 4 is 0 Å². The van der Waals surface area contributed by atoms with E-state index in [1.54, 1.807) is 17.9 Å². The average Bonchev–Trinajstić information content (AvgIpc) is 2.81. The van der Waals surface area contributed by atoms with Crippen LogP contribution < -0.4 is 0 Å². The second kappa shape index (κ2) is 6.62. The minimum atomic E-state index is -1.50. The van der Waals surface area contributed by atoms with Crippen LogP contribution in [0.3, 0.4) is 0 Å². The van der Waals surface area contributed by atoms with Gasteiger partial charge in [0.15, 0.2) is 0 Å². The highest BCUT2D eigenvalue weighted by molar-refractivity contribution is 5.25. The molecule has 0 radical (unpaired) electrons. The van der Waals surface area contributed by atoms with E-state index in [4.69, 9.17) is 15.3 Å². The van der Waals surface area contributed by atoms with Crippen molar-refractivity contribution < 1.29 is 15.4 Å². The summed E-state index contributed by atoms with van der Waals surface area (Å²) in [5.74, 6) is 0. The summed E-state index contributed by atoms with van der Waals surface area (Å²) in [6.07, 6.45) is 3.06. The fraction of sp³-hybridized carbons (Fsp3) is 0.333. The molecule has 0 bridgehead atoms. The van der Waals surface area contributed by atoms with Crippen LogP contribution in [0.2, 0.25) is 0 Å². The van der Waals surface area contributed by atoms with E-state index in [0.717, 1.165) is 5.56 Å². The molecular weight excluding hydrogens is 264 g/mol. The molecule has 0 fully saturated rings. The summed E-state index contributed by atoms with van der Waals surface area (Å²) in [6.45, 7) is 4.20. The van der Waals surface area contributed by atoms with Crippen molar-refractivity contribution in [2.75, 3.05) is 0 Å². The van der Waals surface area contributed by atoms with Gasteiger partial charge in [-0.1, -0.05) is 29.8 Å². The first-order valence-electron chi connectivity index (χ1n) is 5.76. The molecule has 2 rings (SSSR count). The van der Waals surface area contributed by atoms with Gasteiger partial charge in [0.1, 0.15) is 18.3 Å². The average molecular weight is 280 g/mol. The highest BCUT2D eigenvalue weighted by Crippen LogP contribution is 2.22. The van der Waals surface area contributed by atoms with Crippen LogP contribution in [0.4, 0.5) is 0 Å². The molecule has 0 aliphatic rings. The normalized spacial score (nSPS) is 12.9. The molecule has 0 aliphatic carbocycles. The SMILES string of the molecule is Cc1ccc(C(C)(O)Cn2cncn2)cc1.O=[N+]([O-])O. The predicted octanol–water partition coefficient (Wildman–Crippen LogP) is 1.15. The molecule has 1 heterocycles. The Balaban J connectivity index is 0.000000444. The van der Waals surface area contributed by atoms with E-state index in [0.29, 0.717) is 6.54 Å². The zero-order chi connectivity index (χ0) is 15.2. The molecule has 8 nitrogen and oxygen atoms in total. The molecule has 1 unspecified atom stereocenters. The fourth-order valence-corrected chi connectivity index (χ4v) is 1.63. The molecule has 1 aromatic carbocycles. The zero-order valence-electron chi connectivity index (χ0n) is 11.2. The summed E-state index contributed by atoms with van der Waals surface area (Å²) in [7, 11) is 0. The maximum atomic E-state index is 10.4. The van der Waals surface area contributed by atoms with Gasteiger partial charge >= 0.3 is 0 Å². The van der Waals surface area contributed by atoms with Crippen molar-refractivity contribution in [3.63, 3.8) is 0 Å². The molecule has 8 heteroatoms. The van der Waals surface area contributed by atoms with Crippen molar-refractivity contribution in [2.45, 2.75) is 26.0 Å². The van der Waals surface area contributed by atoms with Crippen molar-refractivity contribution in [3.05, 3.63) is 58.2 Å². The van der Waals surface area contributed by atoms with Crippen LogP contribution in [-0.2, 0) is 12.1 Å². The lowest BCUT2D eigenvalue weighted by Crippen LogP contribution is -2.28. The van der Waals surface area contributed by atoms with Crippen LogP contribution in [0.5, 0.6) is 0 Å². The molecule has 1 atom stereocenters. The molecule has 0 saturated heterocycles. The van der Waals surface area contributed by atoms with Gasteiger partial charge in [0.05, 0.1) is 6.54 Å². The van der Waals surface area contributed by atoms with Crippen LogP contribution in [0.15, 0.2) is 36.9 Å². The second-order valence-corrected chi connectivity index (χ2v) is 4.47. The lowest BCUT2D eigenvalue weighted by atomic mass is 9.95. The van der Waals surface area contributed by atoms with Crippen LogP contribution in [0.1, 0.15) is 18.1 Å². The lowest BCUT2D eigenvalue weighted by Gasteiger charge is -2.23. The summed E-state index contributed by atoms with van der Waals surface area (Å²) >= 11 is 0. The quantitative estimate of drug-likeness (QED) is 0.643. The van der Waals surface area contributed by atoms with E-state index in [9.17, 15) is 5.11 Å². The number of nitrogens with zero attached hydrogens (tertiary/aromatic N) is 4. The van der Waals surface area contributed by atoms with Crippen LogP contribution in [-0.4, -0.2) is 30.2 Å². The van der Waals surface area contributed by atoms with Gasteiger partial charge in [0, 0.05) is 0 Å². The summed E-state index contributed by atoms with van der Waals surface area (Å²) < 4.78 is 1.62. The molecule has 108 valence electrons. The number of hydrogen-bond donors (Lipinski definition) is 2. The van der Waals surface area contributed by atoms with Gasteiger partial charge in [-0.15, -0.1) is 10.1 Å². The van der Waals surface area contributed by atoms with Gasteiger partial charge in [-0.05, 0) is 19.4 Å². The van der Waals surface area contributed by atoms with Gasteiger partial charge in [-0.3, -0.25) is 0 Å². The molecule has 0 spiro atoms. The van der Waals surface area contributed by atoms with E-state index < -0.39 is 10.7 Å². The molecule has 2 N–H and O–H groups in total. The fourth-order valence-electron chi connectivity index (χ4n) is 1.63. The first-order valence-corrected chi connectivity index (χ1v) is 5.76. The zero-order valence-corrected chi connectivity index (χ0v) is 11.2. The highest BCUT2D eigenvalue weighted by Gasteiger charge is 2.23. The third-order valence-electron chi connectivity index (χ3n) is 2.61. The van der Waals surface area contributed by atoms with Gasteiger partial charge in [0.2, 0.25) is 0 Å². The van der Waals surface area contributed by atoms with Gasteiger partial charge in [0.25, 0.3) is 5.09 Å². The molecular formula is C12H16N4O4. The maximum Gasteiger partial charge on any atom is 0.291 e. The van der Waals surface area contributed by atoms with Crippen molar-refractivity contribution in [1.29, 1.82) is 0 Å². The van der Waals surface area contributed by atoms with E-state index in [1.165, 1.54) is 11.9 Å². The van der Waals surface area contributed by atoms with E-state index in [2.05, 4.69) is 10.1 Å². The molecule has 2 aromatic rings. The largest absolute Gasteiger partial charge is 0.384 e. The van der Waals surface area contributed by atoms with E-state index >= 15 is 0 Å². The number of hydrogen-bond acceptors (Lipinski definition) is 5. The van der Waals surface area contributed by atoms with Crippen molar-refractivity contribution in [2.24, 2.45) is 0 Å². The Morgan fingerprint density at radius 2 is 1.95 bits per heavy atom. The predicted molar refractivity (Wildman–Crippen MR) is 69.6 cm³/mol. The molecule has 0 saturated carbocycles. The summed E-state index contributed by atoms with van der Waals surface area (Å²) in [4.78, 5) is 12.2. The number of aliphatic hydroxyl groups is 1. The Labute approximate surface area is 115 Å². The van der Waals surface area contributed by atoms with Crippen molar-refractivity contribution in [1.82, 2.24) is 14.8 Å². The Hall–Kier alpha value is -2.48. The first kappa shape index (κ1) is 15.6. The molecule has 0 amide bonds. The standard InChI is InChI=1S/C12H15N3O.HNO3/c1-10-3-5-11(6-4-10)12(2,16)7-15-9-13-8-14-15;2-1(3)4/h3-6,8-9,16H,7H2,1-2H3;(H,2,3,4). The third kappa shape index (κ3) is 5.02. The molecule has 20 heavy (non-hydrogen) atoms. The van der Waals surface area contributed by atoms with Crippen molar-refractivity contribution in [3.8, 4) is 0 Å². The summed E-state index contributed by atoms with van der Waals surface area (Å²) in [5.41, 5.74) is 1.13. The van der Waals surface area contributed by atoms with Gasteiger partial charge < -0.3 is 10.3 Å². The third-order valence-corrected chi connectivity index (χ3v) is 2.61. The van der Waals surface area contributed by atoms with E-state index in [-0.39, 0.29) is 0 Å². The monoisotopic (exact) mass is 280 g/mol. The van der Waals surface area contributed by atoms with Crippen LogP contribution in [0, 0.1) is 17.0 Å². The van der Waals surface area contributed by atoms with Gasteiger partial charge in [-0.25, -0.2) is 9.67 Å². The second-order valence-electron chi connectivity index (χ2n) is 4.47. The van der Waals surface area contributed by atoms with E-state index in [1.807, 2.05) is 31.2 Å². The Bertz CT molecular complexity index is 533. The molecule has 1 aromatic heterocycles. The Morgan fingerprint density at radius 1 is 1.40 bits per heavy atom. The summed E-state index contributed by atoms with van der Waals surface area (Å²) in [6, 6.07) is 7.86. The topological polar surface area (TPSA) is 114 Å². The number of rotatable bonds is 3. The number of benzene rings is 1. The summed E-state index contributed by atoms with van der Waals surface area (Å²) in [5, 5.41) is 28.0. The smallest absolute Gasteiger partial charge is 0.291 e. The Kier molecular flexibility index (Phi) is 5.15. The Morgan fingerprint density at radius 3 is 2.40 bits per heavy atom. The number of aromatic nitrogens is 3.